The molecule has 0 saturated heterocycles. The molecule has 0 aliphatic heterocycles. The number of ether oxygens (including phenoxy) is 2. The van der Waals surface area contributed by atoms with Gasteiger partial charge in [0.1, 0.15) is 11.5 Å². The van der Waals surface area contributed by atoms with Crippen molar-refractivity contribution < 1.29 is 19.1 Å². The summed E-state index contributed by atoms with van der Waals surface area (Å²) in [5.41, 5.74) is 4.41. The number of halogens is 1. The first-order chi connectivity index (χ1) is 16.9. The molecule has 1 N–H and O–H groups in total. The van der Waals surface area contributed by atoms with Crippen molar-refractivity contribution in [1.29, 1.82) is 0 Å². The molecule has 0 aliphatic carbocycles. The van der Waals surface area contributed by atoms with Crippen LogP contribution in [0.25, 0.3) is 10.8 Å². The van der Waals surface area contributed by atoms with E-state index in [1.165, 1.54) is 6.21 Å². The maximum Gasteiger partial charge on any atom is 0.343 e. The molecule has 0 radical (unpaired) electrons. The van der Waals surface area contributed by atoms with E-state index >= 15 is 0 Å². The van der Waals surface area contributed by atoms with E-state index in [9.17, 15) is 9.59 Å². The smallest absolute Gasteiger partial charge is 0.343 e. The Morgan fingerprint density at radius 1 is 0.943 bits per heavy atom. The van der Waals surface area contributed by atoms with Crippen LogP contribution in [-0.4, -0.2) is 24.2 Å². The van der Waals surface area contributed by atoms with E-state index in [0.717, 1.165) is 20.8 Å². The fourth-order valence-electron chi connectivity index (χ4n) is 3.44. The van der Waals surface area contributed by atoms with E-state index in [-0.39, 0.29) is 0 Å². The minimum Gasteiger partial charge on any atom is -0.480 e. The van der Waals surface area contributed by atoms with Crippen molar-refractivity contribution in [3.63, 3.8) is 0 Å². The number of benzene rings is 4. The summed E-state index contributed by atoms with van der Waals surface area (Å²) in [4.78, 5) is 25.2. The van der Waals surface area contributed by atoms with Crippen LogP contribution in [-0.2, 0) is 4.79 Å². The highest BCUT2D eigenvalue weighted by atomic mass is 79.9. The zero-order chi connectivity index (χ0) is 24.8. The molecule has 0 bridgehead atoms. The SMILES string of the molecule is Cc1cccc(C(=O)Oc2ccc(Br)cc2/C=N/NC(=O)C(C)Oc2cccc3ccccc23)c1. The van der Waals surface area contributed by atoms with Crippen LogP contribution in [0.1, 0.15) is 28.4 Å². The van der Waals surface area contributed by atoms with E-state index in [1.54, 1.807) is 43.3 Å². The lowest BCUT2D eigenvalue weighted by molar-refractivity contribution is -0.127. The van der Waals surface area contributed by atoms with Crippen molar-refractivity contribution in [1.82, 2.24) is 5.43 Å². The molecule has 1 unspecified atom stereocenters. The van der Waals surface area contributed by atoms with Gasteiger partial charge in [-0.25, -0.2) is 10.2 Å². The van der Waals surface area contributed by atoms with Gasteiger partial charge in [0.25, 0.3) is 5.91 Å². The molecule has 176 valence electrons. The van der Waals surface area contributed by atoms with Gasteiger partial charge < -0.3 is 9.47 Å². The molecule has 1 atom stereocenters. The van der Waals surface area contributed by atoms with Crippen LogP contribution in [0.4, 0.5) is 0 Å². The number of carbonyl (C=O) groups excluding carboxylic acids is 2. The summed E-state index contributed by atoms with van der Waals surface area (Å²) in [5, 5.41) is 6.00. The number of esters is 1. The number of aryl methyl sites for hydroxylation is 1. The number of rotatable bonds is 7. The Bertz CT molecular complexity index is 1410. The number of hydrogen-bond donors (Lipinski definition) is 1. The number of nitrogens with zero attached hydrogens (tertiary/aromatic N) is 1. The predicted molar refractivity (Wildman–Crippen MR) is 140 cm³/mol. The number of hydrogen-bond acceptors (Lipinski definition) is 5. The first-order valence-electron chi connectivity index (χ1n) is 11.0. The fraction of sp³-hybridized carbons (Fsp3) is 0.107. The standard InChI is InChI=1S/C28H23BrN2O4/c1-18-7-5-10-21(15-18)28(33)35-25-14-13-23(29)16-22(25)17-30-31-27(32)19(2)34-26-12-6-9-20-8-3-4-11-24(20)26/h3-17,19H,1-2H3,(H,31,32)/b30-17+. The maximum absolute atomic E-state index is 12.6. The fourth-order valence-corrected chi connectivity index (χ4v) is 3.82. The van der Waals surface area contributed by atoms with Gasteiger partial charge in [-0.1, -0.05) is 70.0 Å². The molecule has 4 rings (SSSR count). The van der Waals surface area contributed by atoms with Gasteiger partial charge in [-0.2, -0.15) is 5.10 Å². The molecule has 0 heterocycles. The summed E-state index contributed by atoms with van der Waals surface area (Å²) < 4.78 is 12.2. The van der Waals surface area contributed by atoms with E-state index < -0.39 is 18.0 Å². The maximum atomic E-state index is 12.6. The topological polar surface area (TPSA) is 77.0 Å². The molecule has 0 saturated carbocycles. The van der Waals surface area contributed by atoms with Gasteiger partial charge in [0, 0.05) is 15.4 Å². The van der Waals surface area contributed by atoms with Crippen LogP contribution >= 0.6 is 15.9 Å². The molecule has 0 fully saturated rings. The summed E-state index contributed by atoms with van der Waals surface area (Å²) in [6.07, 6.45) is 0.644. The minimum atomic E-state index is -0.779. The first kappa shape index (κ1) is 24.2. The van der Waals surface area contributed by atoms with Crippen molar-refractivity contribution in [2.24, 2.45) is 5.10 Å². The van der Waals surface area contributed by atoms with Crippen LogP contribution in [0.5, 0.6) is 11.5 Å². The Morgan fingerprint density at radius 2 is 1.71 bits per heavy atom. The number of hydrazone groups is 1. The molecule has 35 heavy (non-hydrogen) atoms. The highest BCUT2D eigenvalue weighted by molar-refractivity contribution is 9.10. The van der Waals surface area contributed by atoms with Crippen molar-refractivity contribution in [2.45, 2.75) is 20.0 Å². The van der Waals surface area contributed by atoms with Crippen molar-refractivity contribution in [3.8, 4) is 11.5 Å². The summed E-state index contributed by atoms with van der Waals surface area (Å²) in [6.45, 7) is 3.56. The summed E-state index contributed by atoms with van der Waals surface area (Å²) in [5.74, 6) is 0.0409. The monoisotopic (exact) mass is 530 g/mol. The zero-order valence-electron chi connectivity index (χ0n) is 19.2. The molecule has 0 aromatic heterocycles. The average Bonchev–Trinajstić information content (AvgIpc) is 2.85. The lowest BCUT2D eigenvalue weighted by atomic mass is 10.1. The Hall–Kier alpha value is -3.97. The molecular weight excluding hydrogens is 508 g/mol. The van der Waals surface area contributed by atoms with Gasteiger partial charge in [0.2, 0.25) is 0 Å². The third-order valence-corrected chi connectivity index (χ3v) is 5.72. The minimum absolute atomic E-state index is 0.317. The normalized spacial score (nSPS) is 11.9. The summed E-state index contributed by atoms with van der Waals surface area (Å²) in [7, 11) is 0. The Morgan fingerprint density at radius 3 is 2.54 bits per heavy atom. The molecule has 0 spiro atoms. The number of amides is 1. The van der Waals surface area contributed by atoms with Crippen LogP contribution < -0.4 is 14.9 Å². The average molecular weight is 531 g/mol. The lowest BCUT2D eigenvalue weighted by Crippen LogP contribution is -2.33. The van der Waals surface area contributed by atoms with Crippen LogP contribution in [0.15, 0.2) is 94.5 Å². The number of nitrogens with one attached hydrogen (secondary N) is 1. The molecule has 6 nitrogen and oxygen atoms in total. The second-order valence-corrected chi connectivity index (χ2v) is 8.83. The molecule has 0 aliphatic rings. The van der Waals surface area contributed by atoms with Gasteiger partial charge in [0.05, 0.1) is 11.8 Å². The number of fused-ring (bicyclic) bond motifs is 1. The molecule has 4 aromatic carbocycles. The van der Waals surface area contributed by atoms with Gasteiger partial charge in [-0.15, -0.1) is 0 Å². The highest BCUT2D eigenvalue weighted by Crippen LogP contribution is 2.26. The van der Waals surface area contributed by atoms with Crippen LogP contribution in [0, 0.1) is 6.92 Å². The lowest BCUT2D eigenvalue weighted by Gasteiger charge is -2.14. The van der Waals surface area contributed by atoms with E-state index in [0.29, 0.717) is 22.6 Å². The second kappa shape index (κ2) is 11.0. The van der Waals surface area contributed by atoms with Gasteiger partial charge in [-0.3, -0.25) is 4.79 Å². The quantitative estimate of drug-likeness (QED) is 0.136. The zero-order valence-corrected chi connectivity index (χ0v) is 20.8. The predicted octanol–water partition coefficient (Wildman–Crippen LogP) is 6.05. The second-order valence-electron chi connectivity index (χ2n) is 7.91. The van der Waals surface area contributed by atoms with Crippen LogP contribution in [0.3, 0.4) is 0 Å². The largest absolute Gasteiger partial charge is 0.480 e. The van der Waals surface area contributed by atoms with Crippen molar-refractivity contribution in [2.75, 3.05) is 0 Å². The summed E-state index contributed by atoms with van der Waals surface area (Å²) >= 11 is 3.41. The van der Waals surface area contributed by atoms with Crippen molar-refractivity contribution in [3.05, 3.63) is 106 Å². The summed E-state index contributed by atoms with van der Waals surface area (Å²) in [6, 6.07) is 25.8. The Labute approximate surface area is 211 Å². The van der Waals surface area contributed by atoms with E-state index in [1.807, 2.05) is 55.5 Å². The van der Waals surface area contributed by atoms with Gasteiger partial charge in [-0.05, 0) is 55.6 Å². The van der Waals surface area contributed by atoms with Gasteiger partial charge >= 0.3 is 5.97 Å². The highest BCUT2D eigenvalue weighted by Gasteiger charge is 2.16. The Balaban J connectivity index is 1.43. The van der Waals surface area contributed by atoms with Crippen LogP contribution in [0.2, 0.25) is 0 Å². The molecule has 7 heteroatoms. The van der Waals surface area contributed by atoms with E-state index in [4.69, 9.17) is 9.47 Å². The third-order valence-electron chi connectivity index (χ3n) is 5.23. The Kier molecular flexibility index (Phi) is 7.57. The third kappa shape index (κ3) is 6.13. The number of carbonyl (C=O) groups is 2. The molecule has 1 amide bonds. The first-order valence-corrected chi connectivity index (χ1v) is 11.8. The van der Waals surface area contributed by atoms with Gasteiger partial charge in [0.15, 0.2) is 6.10 Å². The molecule has 4 aromatic rings. The van der Waals surface area contributed by atoms with E-state index in [2.05, 4.69) is 26.5 Å². The molecular formula is C28H23BrN2O4. The van der Waals surface area contributed by atoms with Crippen molar-refractivity contribution >= 4 is 44.8 Å².